The third kappa shape index (κ3) is 4.49. The molecule has 0 radical (unpaired) electrons. The number of nitrogens with zero attached hydrogens (tertiary/aromatic N) is 1. The lowest BCUT2D eigenvalue weighted by Crippen LogP contribution is -2.29. The van der Waals surface area contributed by atoms with Gasteiger partial charge in [0, 0.05) is 24.5 Å². The molecule has 2 rings (SSSR count). The molecular weight excluding hydrogens is 232 g/mol. The molecule has 0 saturated heterocycles. The molecule has 1 aromatic heterocycles. The summed E-state index contributed by atoms with van der Waals surface area (Å²) in [5.74, 6) is 0. The molecule has 1 heterocycles. The molecule has 2 nitrogen and oxygen atoms in total. The van der Waals surface area contributed by atoms with E-state index in [2.05, 4.69) is 66.6 Å². The Morgan fingerprint density at radius 1 is 1.00 bits per heavy atom. The van der Waals surface area contributed by atoms with E-state index in [1.165, 1.54) is 11.1 Å². The molecule has 0 amide bonds. The van der Waals surface area contributed by atoms with Crippen molar-refractivity contribution in [3.05, 3.63) is 66.0 Å². The Morgan fingerprint density at radius 3 is 2.37 bits per heavy atom. The fraction of sp³-hybridized carbons (Fsp3) is 0.353. The zero-order valence-corrected chi connectivity index (χ0v) is 11.7. The number of aryl methyl sites for hydroxylation is 1. The molecule has 2 atom stereocenters. The van der Waals surface area contributed by atoms with Crippen molar-refractivity contribution >= 4 is 0 Å². The van der Waals surface area contributed by atoms with E-state index in [1.54, 1.807) is 0 Å². The first-order valence-corrected chi connectivity index (χ1v) is 6.95. The molecule has 19 heavy (non-hydrogen) atoms. The van der Waals surface area contributed by atoms with Gasteiger partial charge >= 0.3 is 0 Å². The first-order valence-electron chi connectivity index (χ1n) is 6.95. The van der Waals surface area contributed by atoms with Gasteiger partial charge in [-0.25, -0.2) is 0 Å². The average molecular weight is 254 g/mol. The van der Waals surface area contributed by atoms with Gasteiger partial charge in [0.05, 0.1) is 0 Å². The molecule has 2 heteroatoms. The summed E-state index contributed by atoms with van der Waals surface area (Å²) in [6, 6.07) is 15.7. The average Bonchev–Trinajstić information content (AvgIpc) is 2.47. The van der Waals surface area contributed by atoms with Crippen molar-refractivity contribution in [2.75, 3.05) is 0 Å². The molecule has 0 saturated carbocycles. The van der Waals surface area contributed by atoms with Crippen LogP contribution in [-0.4, -0.2) is 11.0 Å². The van der Waals surface area contributed by atoms with Gasteiger partial charge in [0.25, 0.3) is 0 Å². The van der Waals surface area contributed by atoms with Gasteiger partial charge in [0.1, 0.15) is 0 Å². The molecule has 0 aliphatic carbocycles. The van der Waals surface area contributed by atoms with Crippen molar-refractivity contribution in [3.63, 3.8) is 0 Å². The lowest BCUT2D eigenvalue weighted by Gasteiger charge is -2.20. The molecule has 0 bridgehead atoms. The van der Waals surface area contributed by atoms with Crippen LogP contribution in [0.2, 0.25) is 0 Å². The second-order valence-electron chi connectivity index (χ2n) is 5.09. The van der Waals surface area contributed by atoms with Gasteiger partial charge in [0.15, 0.2) is 0 Å². The highest BCUT2D eigenvalue weighted by Gasteiger charge is 2.09. The Bertz CT molecular complexity index is 467. The Balaban J connectivity index is 1.80. The number of hydrogen-bond acceptors (Lipinski definition) is 2. The minimum Gasteiger partial charge on any atom is -0.308 e. The van der Waals surface area contributed by atoms with E-state index >= 15 is 0 Å². The van der Waals surface area contributed by atoms with E-state index < -0.39 is 0 Å². The number of benzene rings is 1. The monoisotopic (exact) mass is 254 g/mol. The van der Waals surface area contributed by atoms with Gasteiger partial charge in [-0.3, -0.25) is 4.98 Å². The van der Waals surface area contributed by atoms with E-state index in [0.717, 1.165) is 12.8 Å². The normalized spacial score (nSPS) is 14.0. The van der Waals surface area contributed by atoms with Crippen molar-refractivity contribution in [2.24, 2.45) is 0 Å². The molecule has 0 fully saturated rings. The first kappa shape index (κ1) is 13.8. The number of rotatable bonds is 6. The molecule has 0 spiro atoms. The summed E-state index contributed by atoms with van der Waals surface area (Å²) in [5, 5.41) is 3.64. The highest BCUT2D eigenvalue weighted by Crippen LogP contribution is 2.13. The highest BCUT2D eigenvalue weighted by atomic mass is 14.9. The van der Waals surface area contributed by atoms with E-state index in [-0.39, 0.29) is 0 Å². The van der Waals surface area contributed by atoms with Crippen molar-refractivity contribution < 1.29 is 0 Å². The van der Waals surface area contributed by atoms with Crippen LogP contribution in [0, 0.1) is 0 Å². The largest absolute Gasteiger partial charge is 0.308 e. The van der Waals surface area contributed by atoms with Crippen molar-refractivity contribution in [3.8, 4) is 0 Å². The maximum absolute atomic E-state index is 4.06. The van der Waals surface area contributed by atoms with Crippen LogP contribution in [0.15, 0.2) is 54.9 Å². The molecule has 100 valence electrons. The Morgan fingerprint density at radius 2 is 1.68 bits per heavy atom. The Kier molecular flexibility index (Phi) is 5.10. The fourth-order valence-corrected chi connectivity index (χ4v) is 2.29. The van der Waals surface area contributed by atoms with E-state index in [0.29, 0.717) is 12.1 Å². The van der Waals surface area contributed by atoms with Crippen LogP contribution in [0.4, 0.5) is 0 Å². The van der Waals surface area contributed by atoms with Crippen molar-refractivity contribution in [1.29, 1.82) is 0 Å². The van der Waals surface area contributed by atoms with Gasteiger partial charge in [-0.05, 0) is 49.9 Å². The number of pyridine rings is 1. The zero-order valence-electron chi connectivity index (χ0n) is 11.7. The topological polar surface area (TPSA) is 24.9 Å². The van der Waals surface area contributed by atoms with Crippen molar-refractivity contribution in [1.82, 2.24) is 10.3 Å². The summed E-state index contributed by atoms with van der Waals surface area (Å²) in [6.07, 6.45) is 5.97. The lowest BCUT2D eigenvalue weighted by molar-refractivity contribution is 0.456. The third-order valence-corrected chi connectivity index (χ3v) is 3.45. The summed E-state index contributed by atoms with van der Waals surface area (Å²) in [4.78, 5) is 4.06. The minimum atomic E-state index is 0.369. The number of hydrogen-bond donors (Lipinski definition) is 1. The van der Waals surface area contributed by atoms with Crippen LogP contribution >= 0.6 is 0 Å². The summed E-state index contributed by atoms with van der Waals surface area (Å²) < 4.78 is 0. The zero-order chi connectivity index (χ0) is 13.5. The third-order valence-electron chi connectivity index (χ3n) is 3.45. The highest BCUT2D eigenvalue weighted by molar-refractivity contribution is 5.15. The van der Waals surface area contributed by atoms with Crippen LogP contribution in [0.5, 0.6) is 0 Å². The summed E-state index contributed by atoms with van der Waals surface area (Å²) in [7, 11) is 0. The molecule has 1 N–H and O–H groups in total. The summed E-state index contributed by atoms with van der Waals surface area (Å²) >= 11 is 0. The van der Waals surface area contributed by atoms with Crippen LogP contribution in [0.3, 0.4) is 0 Å². The number of nitrogens with one attached hydrogen (secondary N) is 1. The fourth-order valence-electron chi connectivity index (χ4n) is 2.29. The Hall–Kier alpha value is -1.67. The van der Waals surface area contributed by atoms with Crippen molar-refractivity contribution in [2.45, 2.75) is 38.8 Å². The maximum Gasteiger partial charge on any atom is 0.0295 e. The van der Waals surface area contributed by atoms with E-state index in [9.17, 15) is 0 Å². The molecule has 2 aromatic rings. The second kappa shape index (κ2) is 7.05. The smallest absolute Gasteiger partial charge is 0.0295 e. The van der Waals surface area contributed by atoms with E-state index in [4.69, 9.17) is 0 Å². The van der Waals surface area contributed by atoms with Gasteiger partial charge in [0.2, 0.25) is 0 Å². The van der Waals surface area contributed by atoms with Crippen LogP contribution in [0.25, 0.3) is 0 Å². The Labute approximate surface area is 115 Å². The van der Waals surface area contributed by atoms with E-state index in [1.807, 2.05) is 12.4 Å². The summed E-state index contributed by atoms with van der Waals surface area (Å²) in [5.41, 5.74) is 2.70. The van der Waals surface area contributed by atoms with Crippen LogP contribution < -0.4 is 5.32 Å². The SMILES string of the molecule is CC(CCc1ccccc1)N[C@@H](C)c1ccncc1. The molecular formula is C17H22N2. The van der Waals surface area contributed by atoms with Gasteiger partial charge in [-0.15, -0.1) is 0 Å². The molecule has 1 unspecified atom stereocenters. The minimum absolute atomic E-state index is 0.369. The first-order chi connectivity index (χ1) is 9.25. The second-order valence-corrected chi connectivity index (χ2v) is 5.09. The number of aromatic nitrogens is 1. The quantitative estimate of drug-likeness (QED) is 0.849. The van der Waals surface area contributed by atoms with Gasteiger partial charge < -0.3 is 5.32 Å². The molecule has 1 aromatic carbocycles. The van der Waals surface area contributed by atoms with Gasteiger partial charge in [-0.2, -0.15) is 0 Å². The molecule has 0 aliphatic rings. The van der Waals surface area contributed by atoms with Gasteiger partial charge in [-0.1, -0.05) is 30.3 Å². The maximum atomic E-state index is 4.06. The standard InChI is InChI=1S/C17H22N2/c1-14(8-9-16-6-4-3-5-7-16)19-15(2)17-10-12-18-13-11-17/h3-7,10-15,19H,8-9H2,1-2H3/t14?,15-/m0/s1. The lowest BCUT2D eigenvalue weighted by atomic mass is 10.0. The van der Waals surface area contributed by atoms with Crippen LogP contribution in [-0.2, 0) is 6.42 Å². The van der Waals surface area contributed by atoms with Crippen LogP contribution in [0.1, 0.15) is 37.4 Å². The predicted octanol–water partition coefficient (Wildman–Crippen LogP) is 3.75. The predicted molar refractivity (Wildman–Crippen MR) is 80.0 cm³/mol. The summed E-state index contributed by atoms with van der Waals surface area (Å²) in [6.45, 7) is 4.45. The molecule has 0 aliphatic heterocycles.